The molecule has 2 unspecified atom stereocenters. The highest BCUT2D eigenvalue weighted by molar-refractivity contribution is 5.27. The van der Waals surface area contributed by atoms with Crippen LogP contribution in [0.2, 0.25) is 0 Å². The maximum absolute atomic E-state index is 5.73. The van der Waals surface area contributed by atoms with E-state index in [2.05, 4.69) is 36.6 Å². The molecule has 1 aliphatic rings. The lowest BCUT2D eigenvalue weighted by Crippen LogP contribution is -2.35. The van der Waals surface area contributed by atoms with Gasteiger partial charge in [0.1, 0.15) is 12.4 Å². The zero-order chi connectivity index (χ0) is 13.5. The average molecular weight is 262 g/mol. The van der Waals surface area contributed by atoms with Crippen LogP contribution in [0, 0.1) is 6.92 Å². The Hall–Kier alpha value is -1.06. The van der Waals surface area contributed by atoms with Gasteiger partial charge in [-0.15, -0.1) is 0 Å². The van der Waals surface area contributed by atoms with Crippen LogP contribution < -0.4 is 15.4 Å². The quantitative estimate of drug-likeness (QED) is 0.741. The van der Waals surface area contributed by atoms with Gasteiger partial charge >= 0.3 is 0 Å². The minimum absolute atomic E-state index is 0.553. The van der Waals surface area contributed by atoms with Crippen LogP contribution in [0.15, 0.2) is 24.3 Å². The Bertz CT molecular complexity index is 375. The Kier molecular flexibility index (Phi) is 5.67. The Morgan fingerprint density at radius 3 is 3.11 bits per heavy atom. The number of hydrogen-bond acceptors (Lipinski definition) is 3. The molecule has 2 atom stereocenters. The highest BCUT2D eigenvalue weighted by atomic mass is 16.5. The van der Waals surface area contributed by atoms with E-state index in [9.17, 15) is 0 Å². The fraction of sp³-hybridized carbons (Fsp3) is 0.625. The summed E-state index contributed by atoms with van der Waals surface area (Å²) in [5, 5.41) is 7.07. The molecule has 0 spiro atoms. The molecule has 1 fully saturated rings. The number of rotatable bonds is 7. The predicted molar refractivity (Wildman–Crippen MR) is 79.8 cm³/mol. The van der Waals surface area contributed by atoms with Gasteiger partial charge < -0.3 is 15.4 Å². The number of hydrogen-bond donors (Lipinski definition) is 2. The lowest BCUT2D eigenvalue weighted by atomic mass is 10.1. The molecule has 0 amide bonds. The molecular weight excluding hydrogens is 236 g/mol. The summed E-state index contributed by atoms with van der Waals surface area (Å²) < 4.78 is 5.73. The first-order chi connectivity index (χ1) is 9.24. The number of nitrogens with one attached hydrogen (secondary N) is 2. The zero-order valence-corrected chi connectivity index (χ0v) is 12.1. The molecule has 1 saturated heterocycles. The summed E-state index contributed by atoms with van der Waals surface area (Å²) in [6.45, 7) is 7.16. The van der Waals surface area contributed by atoms with Crippen LogP contribution in [-0.2, 0) is 0 Å². The van der Waals surface area contributed by atoms with E-state index in [0.717, 1.165) is 18.9 Å². The van der Waals surface area contributed by atoms with Gasteiger partial charge in [-0.05, 0) is 57.4 Å². The van der Waals surface area contributed by atoms with E-state index in [4.69, 9.17) is 4.74 Å². The predicted octanol–water partition coefficient (Wildman–Crippen LogP) is 2.49. The van der Waals surface area contributed by atoms with Crippen molar-refractivity contribution in [1.29, 1.82) is 0 Å². The van der Waals surface area contributed by atoms with Crippen molar-refractivity contribution in [1.82, 2.24) is 10.6 Å². The van der Waals surface area contributed by atoms with Crippen LogP contribution in [0.25, 0.3) is 0 Å². The summed E-state index contributed by atoms with van der Waals surface area (Å²) in [6, 6.07) is 9.47. The molecule has 0 bridgehead atoms. The van der Waals surface area contributed by atoms with Gasteiger partial charge in [0.2, 0.25) is 0 Å². The van der Waals surface area contributed by atoms with E-state index >= 15 is 0 Å². The second-order valence-corrected chi connectivity index (χ2v) is 5.55. The molecule has 3 nitrogen and oxygen atoms in total. The molecule has 0 aliphatic carbocycles. The summed E-state index contributed by atoms with van der Waals surface area (Å²) in [6.07, 6.45) is 3.87. The first kappa shape index (κ1) is 14.4. The standard InChI is InChI=1S/C16H26N2O/c1-13-5-3-7-16(11-13)19-10-9-17-14(2)12-15-6-4-8-18-15/h3,5,7,11,14-15,17-18H,4,6,8-10,12H2,1-2H3. The van der Waals surface area contributed by atoms with Gasteiger partial charge in [0.05, 0.1) is 0 Å². The van der Waals surface area contributed by atoms with Gasteiger partial charge in [-0.1, -0.05) is 12.1 Å². The Labute approximate surface area is 116 Å². The normalized spacial score (nSPS) is 20.4. The smallest absolute Gasteiger partial charge is 0.119 e. The van der Waals surface area contributed by atoms with Gasteiger partial charge in [-0.2, -0.15) is 0 Å². The Morgan fingerprint density at radius 2 is 2.37 bits per heavy atom. The maximum atomic E-state index is 5.73. The number of aryl methyl sites for hydroxylation is 1. The van der Waals surface area contributed by atoms with Gasteiger partial charge in [0.25, 0.3) is 0 Å². The highest BCUT2D eigenvalue weighted by Crippen LogP contribution is 2.12. The van der Waals surface area contributed by atoms with Crippen molar-refractivity contribution in [2.24, 2.45) is 0 Å². The highest BCUT2D eigenvalue weighted by Gasteiger charge is 2.16. The van der Waals surface area contributed by atoms with Crippen molar-refractivity contribution in [3.8, 4) is 5.75 Å². The molecular formula is C16H26N2O. The van der Waals surface area contributed by atoms with E-state index in [1.807, 2.05) is 12.1 Å². The third-order valence-electron chi connectivity index (χ3n) is 3.65. The van der Waals surface area contributed by atoms with Gasteiger partial charge in [0, 0.05) is 18.6 Å². The molecule has 1 heterocycles. The molecule has 0 aromatic heterocycles. The Balaban J connectivity index is 1.58. The fourth-order valence-corrected chi connectivity index (χ4v) is 2.65. The molecule has 106 valence electrons. The molecule has 3 heteroatoms. The lowest BCUT2D eigenvalue weighted by Gasteiger charge is -2.18. The van der Waals surface area contributed by atoms with Crippen molar-refractivity contribution in [2.45, 2.75) is 45.2 Å². The summed E-state index contributed by atoms with van der Waals surface area (Å²) in [4.78, 5) is 0. The fourth-order valence-electron chi connectivity index (χ4n) is 2.65. The van der Waals surface area contributed by atoms with Crippen molar-refractivity contribution in [2.75, 3.05) is 19.7 Å². The minimum atomic E-state index is 0.553. The van der Waals surface area contributed by atoms with E-state index in [0.29, 0.717) is 12.1 Å². The third-order valence-corrected chi connectivity index (χ3v) is 3.65. The molecule has 19 heavy (non-hydrogen) atoms. The summed E-state index contributed by atoms with van der Waals surface area (Å²) in [5.41, 5.74) is 1.24. The van der Waals surface area contributed by atoms with Crippen LogP contribution in [0.4, 0.5) is 0 Å². The van der Waals surface area contributed by atoms with Crippen LogP contribution >= 0.6 is 0 Å². The van der Waals surface area contributed by atoms with Crippen LogP contribution in [-0.4, -0.2) is 31.8 Å². The topological polar surface area (TPSA) is 33.3 Å². The van der Waals surface area contributed by atoms with Crippen molar-refractivity contribution in [3.63, 3.8) is 0 Å². The SMILES string of the molecule is Cc1cccc(OCCNC(C)CC2CCCN2)c1. The molecule has 0 saturated carbocycles. The van der Waals surface area contributed by atoms with Crippen LogP contribution in [0.3, 0.4) is 0 Å². The summed E-state index contributed by atoms with van der Waals surface area (Å²) in [7, 11) is 0. The summed E-state index contributed by atoms with van der Waals surface area (Å²) >= 11 is 0. The van der Waals surface area contributed by atoms with E-state index in [1.54, 1.807) is 0 Å². The van der Waals surface area contributed by atoms with Crippen LogP contribution in [0.5, 0.6) is 5.75 Å². The first-order valence-corrected chi connectivity index (χ1v) is 7.40. The number of benzene rings is 1. The van der Waals surface area contributed by atoms with E-state index in [1.165, 1.54) is 31.4 Å². The third kappa shape index (κ3) is 5.21. The second-order valence-electron chi connectivity index (χ2n) is 5.55. The van der Waals surface area contributed by atoms with Crippen molar-refractivity contribution < 1.29 is 4.74 Å². The number of ether oxygens (including phenoxy) is 1. The molecule has 1 aromatic rings. The maximum Gasteiger partial charge on any atom is 0.119 e. The van der Waals surface area contributed by atoms with Gasteiger partial charge in [-0.3, -0.25) is 0 Å². The second kappa shape index (κ2) is 7.51. The van der Waals surface area contributed by atoms with Crippen molar-refractivity contribution >= 4 is 0 Å². The minimum Gasteiger partial charge on any atom is -0.492 e. The molecule has 0 radical (unpaired) electrons. The van der Waals surface area contributed by atoms with Gasteiger partial charge in [0.15, 0.2) is 0 Å². The van der Waals surface area contributed by atoms with Crippen LogP contribution in [0.1, 0.15) is 31.7 Å². The van der Waals surface area contributed by atoms with Crippen molar-refractivity contribution in [3.05, 3.63) is 29.8 Å². The Morgan fingerprint density at radius 1 is 1.47 bits per heavy atom. The average Bonchev–Trinajstić information content (AvgIpc) is 2.87. The lowest BCUT2D eigenvalue weighted by molar-refractivity contribution is 0.301. The van der Waals surface area contributed by atoms with E-state index in [-0.39, 0.29) is 0 Å². The summed E-state index contributed by atoms with van der Waals surface area (Å²) in [5.74, 6) is 0.965. The first-order valence-electron chi connectivity index (χ1n) is 7.40. The zero-order valence-electron chi connectivity index (χ0n) is 12.1. The van der Waals surface area contributed by atoms with Gasteiger partial charge in [-0.25, -0.2) is 0 Å². The molecule has 1 aromatic carbocycles. The molecule has 1 aliphatic heterocycles. The molecule has 2 rings (SSSR count). The molecule has 2 N–H and O–H groups in total. The largest absolute Gasteiger partial charge is 0.492 e. The monoisotopic (exact) mass is 262 g/mol. The van der Waals surface area contributed by atoms with E-state index < -0.39 is 0 Å².